The highest BCUT2D eigenvalue weighted by molar-refractivity contribution is 4.92. The van der Waals surface area contributed by atoms with E-state index in [-0.39, 0.29) is 6.10 Å². The van der Waals surface area contributed by atoms with E-state index in [0.717, 1.165) is 26.1 Å². The lowest BCUT2D eigenvalue weighted by Crippen LogP contribution is -2.26. The monoisotopic (exact) mass is 157 g/mol. The summed E-state index contributed by atoms with van der Waals surface area (Å²) in [7, 11) is 0. The lowest BCUT2D eigenvalue weighted by Gasteiger charge is -2.18. The average Bonchev–Trinajstić information content (AvgIpc) is 2.39. The van der Waals surface area contributed by atoms with E-state index >= 15 is 0 Å². The molecule has 0 aliphatic heterocycles. The molecule has 0 heterocycles. The molecule has 0 spiro atoms. The van der Waals surface area contributed by atoms with Crippen molar-refractivity contribution in [3.63, 3.8) is 0 Å². The highest BCUT2D eigenvalue weighted by Crippen LogP contribution is 2.23. The van der Waals surface area contributed by atoms with Crippen LogP contribution in [-0.2, 0) is 9.47 Å². The Morgan fingerprint density at radius 3 is 2.64 bits per heavy atom. The van der Waals surface area contributed by atoms with Crippen LogP contribution < -0.4 is 0 Å². The molecule has 1 saturated carbocycles. The predicted molar refractivity (Wildman–Crippen MR) is 44.4 cm³/mol. The molecule has 2 atom stereocenters. The molecule has 65 valence electrons. The van der Waals surface area contributed by atoms with E-state index < -0.39 is 0 Å². The molecule has 2 unspecified atom stereocenters. The third-order valence-electron chi connectivity index (χ3n) is 1.96. The van der Waals surface area contributed by atoms with Crippen LogP contribution in [0.1, 0.15) is 26.7 Å². The van der Waals surface area contributed by atoms with Crippen LogP contribution in [0.4, 0.5) is 0 Å². The molecule has 0 bridgehead atoms. The van der Waals surface area contributed by atoms with Crippen molar-refractivity contribution in [1.82, 2.24) is 0 Å². The second-order valence-corrected chi connectivity index (χ2v) is 2.73. The van der Waals surface area contributed by atoms with Crippen molar-refractivity contribution < 1.29 is 9.47 Å². The molecular weight excluding hydrogens is 140 g/mol. The number of rotatable bonds is 4. The second-order valence-electron chi connectivity index (χ2n) is 2.73. The van der Waals surface area contributed by atoms with Gasteiger partial charge in [0.2, 0.25) is 0 Å². The maximum absolute atomic E-state index is 5.51. The molecule has 1 aliphatic rings. The second kappa shape index (κ2) is 4.73. The largest absolute Gasteiger partial charge is 0.376 e. The molecule has 1 aliphatic carbocycles. The molecule has 0 saturated heterocycles. The average molecular weight is 157 g/mol. The van der Waals surface area contributed by atoms with E-state index in [4.69, 9.17) is 9.47 Å². The Bertz CT molecular complexity index is 91.7. The molecular formula is C9H17O2. The lowest BCUT2D eigenvalue weighted by molar-refractivity contribution is -0.0374. The Morgan fingerprint density at radius 2 is 2.00 bits per heavy atom. The normalized spacial score (nSPS) is 31.1. The first-order valence-corrected chi connectivity index (χ1v) is 4.45. The van der Waals surface area contributed by atoms with Crippen molar-refractivity contribution in [1.29, 1.82) is 0 Å². The van der Waals surface area contributed by atoms with Crippen LogP contribution in [0.2, 0.25) is 0 Å². The quantitative estimate of drug-likeness (QED) is 0.619. The lowest BCUT2D eigenvalue weighted by atomic mass is 10.2. The van der Waals surface area contributed by atoms with Gasteiger partial charge in [-0.1, -0.05) is 0 Å². The van der Waals surface area contributed by atoms with Gasteiger partial charge in [0.25, 0.3) is 0 Å². The molecule has 2 nitrogen and oxygen atoms in total. The topological polar surface area (TPSA) is 18.5 Å². The first-order valence-electron chi connectivity index (χ1n) is 4.45. The fraction of sp³-hybridized carbons (Fsp3) is 0.889. The van der Waals surface area contributed by atoms with Gasteiger partial charge in [0.05, 0.1) is 12.2 Å². The highest BCUT2D eigenvalue weighted by Gasteiger charge is 2.27. The molecule has 0 aromatic heterocycles. The predicted octanol–water partition coefficient (Wildman–Crippen LogP) is 1.79. The van der Waals surface area contributed by atoms with Gasteiger partial charge < -0.3 is 9.47 Å². The molecule has 0 aromatic rings. The summed E-state index contributed by atoms with van der Waals surface area (Å²) in [4.78, 5) is 0. The van der Waals surface area contributed by atoms with Gasteiger partial charge in [-0.15, -0.1) is 0 Å². The standard InChI is InChI=1S/C9H17O2/c1-3-10-8-6-5-7-9(8)11-4-2/h6,8-9H,3-5,7H2,1-2H3. The summed E-state index contributed by atoms with van der Waals surface area (Å²) in [5.41, 5.74) is 0. The van der Waals surface area contributed by atoms with Crippen LogP contribution in [0.5, 0.6) is 0 Å². The maximum Gasteiger partial charge on any atom is 0.0868 e. The zero-order chi connectivity index (χ0) is 8.10. The van der Waals surface area contributed by atoms with Crippen LogP contribution in [-0.4, -0.2) is 25.4 Å². The van der Waals surface area contributed by atoms with Gasteiger partial charge in [0.15, 0.2) is 0 Å². The van der Waals surface area contributed by atoms with Crippen molar-refractivity contribution in [2.45, 2.75) is 38.9 Å². The smallest absolute Gasteiger partial charge is 0.0868 e. The molecule has 1 rings (SSSR count). The fourth-order valence-corrected chi connectivity index (χ4v) is 1.50. The fourth-order valence-electron chi connectivity index (χ4n) is 1.50. The Hall–Kier alpha value is -0.0800. The number of ether oxygens (including phenoxy) is 2. The summed E-state index contributed by atoms with van der Waals surface area (Å²) in [5.74, 6) is 0. The third-order valence-corrected chi connectivity index (χ3v) is 1.96. The molecule has 0 aromatic carbocycles. The first kappa shape index (κ1) is 9.01. The van der Waals surface area contributed by atoms with Crippen molar-refractivity contribution in [2.24, 2.45) is 0 Å². The van der Waals surface area contributed by atoms with Crippen molar-refractivity contribution in [2.75, 3.05) is 13.2 Å². The van der Waals surface area contributed by atoms with Crippen LogP contribution in [0.3, 0.4) is 0 Å². The molecule has 0 N–H and O–H groups in total. The molecule has 1 radical (unpaired) electrons. The van der Waals surface area contributed by atoms with E-state index in [1.807, 2.05) is 13.8 Å². The Kier molecular flexibility index (Phi) is 3.87. The van der Waals surface area contributed by atoms with Gasteiger partial charge in [0, 0.05) is 13.2 Å². The molecule has 0 amide bonds. The minimum atomic E-state index is 0.250. The van der Waals surface area contributed by atoms with Gasteiger partial charge in [0.1, 0.15) is 0 Å². The van der Waals surface area contributed by atoms with E-state index in [9.17, 15) is 0 Å². The summed E-state index contributed by atoms with van der Waals surface area (Å²) in [5, 5.41) is 0. The van der Waals surface area contributed by atoms with Gasteiger partial charge in [-0.2, -0.15) is 0 Å². The van der Waals surface area contributed by atoms with E-state index in [1.54, 1.807) is 0 Å². The summed E-state index contributed by atoms with van der Waals surface area (Å²) >= 11 is 0. The molecule has 2 heteroatoms. The van der Waals surface area contributed by atoms with E-state index in [2.05, 4.69) is 6.42 Å². The first-order chi connectivity index (χ1) is 5.38. The van der Waals surface area contributed by atoms with Crippen molar-refractivity contribution in [3.8, 4) is 0 Å². The third kappa shape index (κ3) is 2.46. The minimum absolute atomic E-state index is 0.250. The molecule has 11 heavy (non-hydrogen) atoms. The summed E-state index contributed by atoms with van der Waals surface area (Å²) in [6.07, 6.45) is 5.04. The van der Waals surface area contributed by atoms with Crippen LogP contribution in [0.25, 0.3) is 0 Å². The number of hydrogen-bond donors (Lipinski definition) is 0. The van der Waals surface area contributed by atoms with Gasteiger partial charge in [-0.3, -0.25) is 0 Å². The zero-order valence-corrected chi connectivity index (χ0v) is 7.38. The summed E-state index contributed by atoms with van der Waals surface area (Å²) in [6, 6.07) is 0. The Morgan fingerprint density at radius 1 is 1.27 bits per heavy atom. The number of hydrogen-bond acceptors (Lipinski definition) is 2. The zero-order valence-electron chi connectivity index (χ0n) is 7.38. The SMILES string of the molecule is CCOC1[CH]CCC1OCC. The van der Waals surface area contributed by atoms with Gasteiger partial charge in [-0.25, -0.2) is 0 Å². The molecule has 1 fully saturated rings. The summed E-state index contributed by atoms with van der Waals surface area (Å²) in [6.45, 7) is 5.63. The van der Waals surface area contributed by atoms with E-state index in [1.165, 1.54) is 0 Å². The Balaban J connectivity index is 2.25. The van der Waals surface area contributed by atoms with E-state index in [0.29, 0.717) is 6.10 Å². The Labute approximate surface area is 68.9 Å². The van der Waals surface area contributed by atoms with Gasteiger partial charge in [-0.05, 0) is 33.1 Å². The maximum atomic E-state index is 5.51. The van der Waals surface area contributed by atoms with Crippen LogP contribution >= 0.6 is 0 Å². The van der Waals surface area contributed by atoms with Gasteiger partial charge >= 0.3 is 0 Å². The minimum Gasteiger partial charge on any atom is -0.376 e. The van der Waals surface area contributed by atoms with Crippen molar-refractivity contribution >= 4 is 0 Å². The summed E-state index contributed by atoms with van der Waals surface area (Å²) < 4.78 is 11.0. The highest BCUT2D eigenvalue weighted by atomic mass is 16.5. The van der Waals surface area contributed by atoms with Crippen molar-refractivity contribution in [3.05, 3.63) is 6.42 Å². The van der Waals surface area contributed by atoms with Crippen LogP contribution in [0, 0.1) is 6.42 Å². The van der Waals surface area contributed by atoms with Crippen LogP contribution in [0.15, 0.2) is 0 Å².